The zero-order valence-electron chi connectivity index (χ0n) is 17.7. The number of benzene rings is 1. The van der Waals surface area contributed by atoms with E-state index in [1.54, 1.807) is 0 Å². The van der Waals surface area contributed by atoms with Gasteiger partial charge in [0.2, 0.25) is 17.6 Å². The number of nitrogens with zero attached hydrogens (tertiary/aromatic N) is 4. The van der Waals surface area contributed by atoms with E-state index < -0.39 is 22.6 Å². The molecule has 0 unspecified atom stereocenters. The maximum Gasteiger partial charge on any atom is 0.266 e. The van der Waals surface area contributed by atoms with Crippen molar-refractivity contribution in [3.63, 3.8) is 0 Å². The molecule has 3 aromatic heterocycles. The lowest BCUT2D eigenvalue weighted by molar-refractivity contribution is 0.240. The van der Waals surface area contributed by atoms with Crippen molar-refractivity contribution >= 4 is 38.5 Å². The summed E-state index contributed by atoms with van der Waals surface area (Å²) in [5, 5.41) is 4.17. The number of ether oxygens (including phenoxy) is 3. The average molecular weight is 515 g/mol. The second-order valence-corrected chi connectivity index (χ2v) is 8.65. The van der Waals surface area contributed by atoms with Gasteiger partial charge in [-0.1, -0.05) is 11.6 Å². The maximum atomic E-state index is 13.4. The van der Waals surface area contributed by atoms with Gasteiger partial charge in [0.1, 0.15) is 23.9 Å². The molecule has 15 heteroatoms. The molecule has 0 aliphatic heterocycles. The van der Waals surface area contributed by atoms with Gasteiger partial charge in [-0.05, 0) is 12.1 Å². The summed E-state index contributed by atoms with van der Waals surface area (Å²) in [6.45, 7) is -1.08. The Morgan fingerprint density at radius 1 is 1.18 bits per heavy atom. The van der Waals surface area contributed by atoms with Gasteiger partial charge in [0.25, 0.3) is 21.8 Å². The Hall–Kier alpha value is -3.65. The van der Waals surface area contributed by atoms with Crippen molar-refractivity contribution < 1.29 is 31.4 Å². The number of alkyl halides is 1. The molecule has 3 heterocycles. The smallest absolute Gasteiger partial charge is 0.266 e. The second-order valence-electron chi connectivity index (χ2n) is 6.59. The van der Waals surface area contributed by atoms with Gasteiger partial charge >= 0.3 is 0 Å². The van der Waals surface area contributed by atoms with Crippen molar-refractivity contribution in [2.75, 3.05) is 32.2 Å². The van der Waals surface area contributed by atoms with Crippen LogP contribution in [0.1, 0.15) is 0 Å². The molecule has 11 nitrogen and oxygen atoms in total. The number of hydrogen-bond acceptors (Lipinski definition) is 8. The summed E-state index contributed by atoms with van der Waals surface area (Å²) in [6, 6.07) is 4.09. The van der Waals surface area contributed by atoms with Crippen molar-refractivity contribution in [3.05, 3.63) is 41.6 Å². The van der Waals surface area contributed by atoms with E-state index in [4.69, 9.17) is 25.8 Å². The number of nitrogens with one attached hydrogen (secondary N) is 2. The normalized spacial score (nSPS) is 11.6. The summed E-state index contributed by atoms with van der Waals surface area (Å²) in [4.78, 5) is 10.6. The lowest BCUT2D eigenvalue weighted by Crippen LogP contribution is -2.16. The standard InChI is InChI=1S/C19H17ClF2N6O5S/c1-31-17-16(33-8-6-21)18(32-2)25-19(24-17)27-34(29,30)12-9-23-14-10(12)3-4-11(20)15(14)28-7-5-13(22)26-28/h3-5,7,9,23H,6,8H2,1-2H3,(H,24,25,27). The van der Waals surface area contributed by atoms with Crippen LogP contribution in [0.4, 0.5) is 14.7 Å². The highest BCUT2D eigenvalue weighted by atomic mass is 35.5. The zero-order valence-corrected chi connectivity index (χ0v) is 19.2. The van der Waals surface area contributed by atoms with E-state index in [-0.39, 0.29) is 51.1 Å². The molecule has 0 spiro atoms. The van der Waals surface area contributed by atoms with Crippen molar-refractivity contribution in [1.29, 1.82) is 0 Å². The fourth-order valence-electron chi connectivity index (χ4n) is 3.18. The Labute approximate surface area is 196 Å². The summed E-state index contributed by atoms with van der Waals surface area (Å²) in [7, 11) is -1.71. The van der Waals surface area contributed by atoms with Crippen LogP contribution in [0.15, 0.2) is 35.5 Å². The Balaban J connectivity index is 1.75. The lowest BCUT2D eigenvalue weighted by atomic mass is 10.2. The third kappa shape index (κ3) is 4.28. The van der Waals surface area contributed by atoms with E-state index in [0.717, 1.165) is 6.07 Å². The van der Waals surface area contributed by atoms with Crippen molar-refractivity contribution in [1.82, 2.24) is 24.7 Å². The third-order valence-electron chi connectivity index (χ3n) is 4.56. The van der Waals surface area contributed by atoms with E-state index in [1.807, 2.05) is 0 Å². The molecule has 0 atom stereocenters. The summed E-state index contributed by atoms with van der Waals surface area (Å²) in [5.74, 6) is -1.51. The van der Waals surface area contributed by atoms with Crippen molar-refractivity contribution in [2.24, 2.45) is 0 Å². The van der Waals surface area contributed by atoms with Crippen LogP contribution in [0, 0.1) is 5.95 Å². The molecule has 2 N–H and O–H groups in total. The van der Waals surface area contributed by atoms with Crippen molar-refractivity contribution in [2.45, 2.75) is 4.90 Å². The van der Waals surface area contributed by atoms with Crippen LogP contribution >= 0.6 is 11.6 Å². The Bertz CT molecular complexity index is 1430. The van der Waals surface area contributed by atoms with E-state index in [1.165, 1.54) is 43.4 Å². The Morgan fingerprint density at radius 2 is 1.88 bits per heavy atom. The molecule has 34 heavy (non-hydrogen) atoms. The number of rotatable bonds is 9. The minimum absolute atomic E-state index is 0.0802. The number of aromatic nitrogens is 5. The van der Waals surface area contributed by atoms with Gasteiger partial charge in [0.05, 0.1) is 24.8 Å². The number of H-pyrrole nitrogens is 1. The topological polar surface area (TPSA) is 133 Å². The first kappa shape index (κ1) is 23.5. The molecule has 0 saturated carbocycles. The van der Waals surface area contributed by atoms with E-state index in [0.29, 0.717) is 5.52 Å². The molecule has 0 saturated heterocycles. The SMILES string of the molecule is COc1nc(NS(=O)(=O)c2c[nH]c3c(-n4ccc(F)n4)c(Cl)ccc23)nc(OC)c1OCCF. The molecule has 0 fully saturated rings. The molecule has 0 aliphatic rings. The van der Waals surface area contributed by atoms with Crippen LogP contribution in [0.2, 0.25) is 5.02 Å². The Morgan fingerprint density at radius 3 is 2.47 bits per heavy atom. The largest absolute Gasteiger partial charge is 0.481 e. The van der Waals surface area contributed by atoms with Crippen LogP contribution in [-0.4, -0.2) is 60.7 Å². The van der Waals surface area contributed by atoms with Gasteiger partial charge in [-0.25, -0.2) is 22.2 Å². The predicted octanol–water partition coefficient (Wildman–Crippen LogP) is 3.10. The number of fused-ring (bicyclic) bond motifs is 1. The van der Waals surface area contributed by atoms with Crippen molar-refractivity contribution in [3.8, 4) is 23.2 Å². The lowest BCUT2D eigenvalue weighted by Gasteiger charge is -2.14. The minimum atomic E-state index is -4.25. The summed E-state index contributed by atoms with van der Waals surface area (Å²) in [6.07, 6.45) is 2.59. The number of methoxy groups -OCH3 is 2. The fraction of sp³-hybridized carbons (Fsp3) is 0.211. The quantitative estimate of drug-likeness (QED) is 0.348. The summed E-state index contributed by atoms with van der Waals surface area (Å²) < 4.78 is 71.2. The van der Waals surface area contributed by atoms with Crippen LogP contribution in [0.3, 0.4) is 0 Å². The fourth-order valence-corrected chi connectivity index (χ4v) is 4.54. The number of hydrogen-bond donors (Lipinski definition) is 2. The van der Waals surface area contributed by atoms with Gasteiger partial charge in [-0.15, -0.1) is 5.10 Å². The summed E-state index contributed by atoms with van der Waals surface area (Å²) >= 11 is 6.27. The predicted molar refractivity (Wildman–Crippen MR) is 118 cm³/mol. The number of anilines is 1. The molecule has 4 rings (SSSR count). The first-order chi connectivity index (χ1) is 16.3. The van der Waals surface area contributed by atoms with Crippen LogP contribution < -0.4 is 18.9 Å². The zero-order chi connectivity index (χ0) is 24.5. The Kier molecular flexibility index (Phi) is 6.43. The van der Waals surface area contributed by atoms with Gasteiger partial charge in [-0.3, -0.25) is 0 Å². The first-order valence-electron chi connectivity index (χ1n) is 9.51. The highest BCUT2D eigenvalue weighted by molar-refractivity contribution is 7.93. The monoisotopic (exact) mass is 514 g/mol. The van der Waals surface area contributed by atoms with Crippen LogP contribution in [-0.2, 0) is 10.0 Å². The van der Waals surface area contributed by atoms with Crippen LogP contribution in [0.5, 0.6) is 17.5 Å². The molecular weight excluding hydrogens is 498 g/mol. The third-order valence-corrected chi connectivity index (χ3v) is 6.23. The minimum Gasteiger partial charge on any atom is -0.481 e. The van der Waals surface area contributed by atoms with E-state index >= 15 is 0 Å². The highest BCUT2D eigenvalue weighted by Gasteiger charge is 2.25. The molecule has 4 aromatic rings. The number of aromatic amines is 1. The molecular formula is C19H17ClF2N6O5S. The molecule has 0 aliphatic carbocycles. The first-order valence-corrected chi connectivity index (χ1v) is 11.4. The molecule has 180 valence electrons. The van der Waals surface area contributed by atoms with Gasteiger partial charge in [-0.2, -0.15) is 14.4 Å². The van der Waals surface area contributed by atoms with E-state index in [2.05, 4.69) is 24.8 Å². The van der Waals surface area contributed by atoms with Gasteiger partial charge in [0, 0.05) is 23.8 Å². The van der Waals surface area contributed by atoms with Crippen LogP contribution in [0.25, 0.3) is 16.6 Å². The molecule has 1 aromatic carbocycles. The average Bonchev–Trinajstić information content (AvgIpc) is 3.43. The van der Waals surface area contributed by atoms with Gasteiger partial charge < -0.3 is 19.2 Å². The molecule has 0 bridgehead atoms. The maximum absolute atomic E-state index is 13.4. The van der Waals surface area contributed by atoms with Gasteiger partial charge in [0.15, 0.2) is 0 Å². The molecule has 0 amide bonds. The molecule has 0 radical (unpaired) electrons. The number of sulfonamides is 1. The van der Waals surface area contributed by atoms with E-state index in [9.17, 15) is 17.2 Å². The highest BCUT2D eigenvalue weighted by Crippen LogP contribution is 2.36. The second kappa shape index (κ2) is 9.30. The summed E-state index contributed by atoms with van der Waals surface area (Å²) in [5.41, 5.74) is 0.570. The number of halogens is 3.